The molecule has 0 spiro atoms. The Morgan fingerprint density at radius 1 is 1.14 bits per heavy atom. The second-order valence-electron chi connectivity index (χ2n) is 5.63. The van der Waals surface area contributed by atoms with Crippen LogP contribution >= 0.6 is 12.4 Å². The lowest BCUT2D eigenvalue weighted by Gasteiger charge is -2.26. The largest absolute Gasteiger partial charge is 0.399 e. The lowest BCUT2D eigenvalue weighted by molar-refractivity contribution is -0.121. The van der Waals surface area contributed by atoms with Crippen LogP contribution in [0.25, 0.3) is 0 Å². The molecule has 0 aliphatic heterocycles. The van der Waals surface area contributed by atoms with E-state index in [-0.39, 0.29) is 24.4 Å². The Kier molecular flexibility index (Phi) is 5.45. The quantitative estimate of drug-likeness (QED) is 0.852. The smallest absolute Gasteiger partial charge is 0.224 e. The second kappa shape index (κ2) is 7.32. The zero-order valence-electron chi connectivity index (χ0n) is 12.4. The maximum Gasteiger partial charge on any atom is 0.224 e. The number of benzene rings is 2. The number of nitrogens with two attached hydrogens (primary N) is 1. The summed E-state index contributed by atoms with van der Waals surface area (Å²) >= 11 is 0. The molecule has 116 valence electrons. The molecule has 2 aromatic carbocycles. The van der Waals surface area contributed by atoms with Crippen LogP contribution < -0.4 is 11.1 Å². The average molecular weight is 317 g/mol. The Balaban J connectivity index is 0.00000176. The Bertz CT molecular complexity index is 640. The van der Waals surface area contributed by atoms with Crippen LogP contribution in [-0.2, 0) is 17.6 Å². The van der Waals surface area contributed by atoms with Crippen molar-refractivity contribution in [2.24, 2.45) is 0 Å². The molecule has 4 heteroatoms. The molecule has 0 bridgehead atoms. The number of aryl methyl sites for hydroxylation is 1. The number of nitrogen functional groups attached to an aromatic ring is 1. The van der Waals surface area contributed by atoms with E-state index in [1.165, 1.54) is 11.1 Å². The first kappa shape index (κ1) is 16.4. The number of carbonyl (C=O) groups is 1. The predicted molar refractivity (Wildman–Crippen MR) is 92.1 cm³/mol. The Labute approximate surface area is 137 Å². The summed E-state index contributed by atoms with van der Waals surface area (Å²) in [5, 5.41) is 3.17. The summed E-state index contributed by atoms with van der Waals surface area (Å²) < 4.78 is 0. The number of halogens is 1. The SMILES string of the molecule is Cl.Nc1ccc(CC(=O)NC2CCCc3ccccc32)cc1. The number of rotatable bonds is 3. The lowest BCUT2D eigenvalue weighted by atomic mass is 9.87. The summed E-state index contributed by atoms with van der Waals surface area (Å²) in [6.45, 7) is 0. The molecule has 0 radical (unpaired) electrons. The predicted octanol–water partition coefficient (Wildman–Crippen LogP) is 3.43. The molecule has 1 unspecified atom stereocenters. The van der Waals surface area contributed by atoms with Crippen molar-refractivity contribution in [1.29, 1.82) is 0 Å². The van der Waals surface area contributed by atoms with Crippen LogP contribution in [0.3, 0.4) is 0 Å². The topological polar surface area (TPSA) is 55.1 Å². The highest BCUT2D eigenvalue weighted by molar-refractivity contribution is 5.85. The van der Waals surface area contributed by atoms with Gasteiger partial charge in [-0.2, -0.15) is 0 Å². The molecule has 1 atom stereocenters. The highest BCUT2D eigenvalue weighted by Gasteiger charge is 2.21. The monoisotopic (exact) mass is 316 g/mol. The van der Waals surface area contributed by atoms with Gasteiger partial charge in [-0.3, -0.25) is 4.79 Å². The van der Waals surface area contributed by atoms with Gasteiger partial charge in [0.1, 0.15) is 0 Å². The fourth-order valence-electron chi connectivity index (χ4n) is 2.97. The van der Waals surface area contributed by atoms with Crippen LogP contribution in [0.5, 0.6) is 0 Å². The van der Waals surface area contributed by atoms with Crippen molar-refractivity contribution in [3.63, 3.8) is 0 Å². The van der Waals surface area contributed by atoms with Crippen molar-refractivity contribution < 1.29 is 4.79 Å². The number of amides is 1. The van der Waals surface area contributed by atoms with Crippen LogP contribution in [0.1, 0.15) is 35.6 Å². The van der Waals surface area contributed by atoms with Gasteiger partial charge in [-0.05, 0) is 48.1 Å². The van der Waals surface area contributed by atoms with Crippen molar-refractivity contribution in [3.8, 4) is 0 Å². The molecule has 2 aromatic rings. The van der Waals surface area contributed by atoms with Crippen molar-refractivity contribution in [3.05, 3.63) is 65.2 Å². The standard InChI is InChI=1S/C18H20N2O.ClH/c19-15-10-8-13(9-11-15)12-18(21)20-17-7-3-5-14-4-1-2-6-16(14)17;/h1-2,4,6,8-11,17H,3,5,7,12,19H2,(H,20,21);1H. The van der Waals surface area contributed by atoms with Crippen LogP contribution in [0.15, 0.2) is 48.5 Å². The molecule has 3 nitrogen and oxygen atoms in total. The van der Waals surface area contributed by atoms with Gasteiger partial charge in [0.05, 0.1) is 12.5 Å². The lowest BCUT2D eigenvalue weighted by Crippen LogP contribution is -2.32. The molecule has 1 aliphatic carbocycles. The van der Waals surface area contributed by atoms with Crippen molar-refractivity contribution >= 4 is 24.0 Å². The maximum absolute atomic E-state index is 12.2. The molecule has 1 aliphatic rings. The maximum atomic E-state index is 12.2. The Hall–Kier alpha value is -2.00. The van der Waals surface area contributed by atoms with Crippen molar-refractivity contribution in [2.45, 2.75) is 31.7 Å². The van der Waals surface area contributed by atoms with Gasteiger partial charge >= 0.3 is 0 Å². The van der Waals surface area contributed by atoms with Gasteiger partial charge in [0.2, 0.25) is 5.91 Å². The van der Waals surface area contributed by atoms with E-state index in [4.69, 9.17) is 5.73 Å². The number of nitrogens with one attached hydrogen (secondary N) is 1. The van der Waals surface area contributed by atoms with Crippen LogP contribution in [-0.4, -0.2) is 5.91 Å². The summed E-state index contributed by atoms with van der Waals surface area (Å²) in [4.78, 5) is 12.2. The highest BCUT2D eigenvalue weighted by atomic mass is 35.5. The van der Waals surface area contributed by atoms with Crippen LogP contribution in [0, 0.1) is 0 Å². The van der Waals surface area contributed by atoms with E-state index in [1.807, 2.05) is 30.3 Å². The Morgan fingerprint density at radius 3 is 2.64 bits per heavy atom. The molecule has 3 rings (SSSR count). The van der Waals surface area contributed by atoms with E-state index in [1.54, 1.807) is 0 Å². The summed E-state index contributed by atoms with van der Waals surface area (Å²) in [5.41, 5.74) is 10.0. The minimum Gasteiger partial charge on any atom is -0.399 e. The van der Waals surface area contributed by atoms with Gasteiger partial charge in [0.15, 0.2) is 0 Å². The van der Waals surface area contributed by atoms with Gasteiger partial charge in [0.25, 0.3) is 0 Å². The van der Waals surface area contributed by atoms with Gasteiger partial charge in [-0.1, -0.05) is 36.4 Å². The highest BCUT2D eigenvalue weighted by Crippen LogP contribution is 2.29. The molecular weight excluding hydrogens is 296 g/mol. The molecule has 22 heavy (non-hydrogen) atoms. The number of hydrogen-bond acceptors (Lipinski definition) is 2. The van der Waals surface area contributed by atoms with Gasteiger partial charge < -0.3 is 11.1 Å². The third-order valence-electron chi connectivity index (χ3n) is 4.05. The van der Waals surface area contributed by atoms with E-state index in [0.717, 1.165) is 30.5 Å². The number of anilines is 1. The van der Waals surface area contributed by atoms with E-state index in [0.29, 0.717) is 6.42 Å². The minimum absolute atomic E-state index is 0. The van der Waals surface area contributed by atoms with Gasteiger partial charge in [-0.25, -0.2) is 0 Å². The molecular formula is C18H21ClN2O. The second-order valence-corrected chi connectivity index (χ2v) is 5.63. The summed E-state index contributed by atoms with van der Waals surface area (Å²) in [6, 6.07) is 16.0. The van der Waals surface area contributed by atoms with Crippen molar-refractivity contribution in [2.75, 3.05) is 5.73 Å². The molecule has 0 saturated heterocycles. The van der Waals surface area contributed by atoms with Gasteiger partial charge in [0, 0.05) is 5.69 Å². The number of fused-ring (bicyclic) bond motifs is 1. The number of carbonyl (C=O) groups excluding carboxylic acids is 1. The van der Waals surface area contributed by atoms with E-state index >= 15 is 0 Å². The Morgan fingerprint density at radius 2 is 1.86 bits per heavy atom. The normalized spacial score (nSPS) is 16.3. The first-order valence-electron chi connectivity index (χ1n) is 7.44. The summed E-state index contributed by atoms with van der Waals surface area (Å²) in [6.07, 6.45) is 3.66. The minimum atomic E-state index is 0. The third-order valence-corrected chi connectivity index (χ3v) is 4.05. The first-order chi connectivity index (χ1) is 10.2. The molecule has 0 heterocycles. The zero-order chi connectivity index (χ0) is 14.7. The summed E-state index contributed by atoms with van der Waals surface area (Å²) in [7, 11) is 0. The van der Waals surface area contributed by atoms with E-state index in [9.17, 15) is 4.79 Å². The molecule has 3 N–H and O–H groups in total. The average Bonchev–Trinajstić information content (AvgIpc) is 2.50. The molecule has 1 amide bonds. The fraction of sp³-hybridized carbons (Fsp3) is 0.278. The van der Waals surface area contributed by atoms with Crippen LogP contribution in [0.2, 0.25) is 0 Å². The molecule has 0 aromatic heterocycles. The molecule has 0 fully saturated rings. The van der Waals surface area contributed by atoms with Crippen molar-refractivity contribution in [1.82, 2.24) is 5.32 Å². The van der Waals surface area contributed by atoms with E-state index < -0.39 is 0 Å². The fourth-order valence-corrected chi connectivity index (χ4v) is 2.97. The van der Waals surface area contributed by atoms with Gasteiger partial charge in [-0.15, -0.1) is 12.4 Å². The first-order valence-corrected chi connectivity index (χ1v) is 7.44. The van der Waals surface area contributed by atoms with Crippen LogP contribution in [0.4, 0.5) is 5.69 Å². The summed E-state index contributed by atoms with van der Waals surface area (Å²) in [5.74, 6) is 0.0708. The van der Waals surface area contributed by atoms with E-state index in [2.05, 4.69) is 23.5 Å². The third kappa shape index (κ3) is 3.80. The number of hydrogen-bond donors (Lipinski definition) is 2. The molecule has 0 saturated carbocycles. The zero-order valence-corrected chi connectivity index (χ0v) is 13.2.